The Morgan fingerprint density at radius 2 is 1.89 bits per heavy atom. The molecular weight excluding hydrogens is 358 g/mol. The standard InChI is InChI=1S/C21H27N3O4/c1-14-12-23(21(5,13-22-14)20(2,3)4)19(25)28-18-11-10-17(24(26)27)15-8-6-7-9-16(15)18/h6-11,14,22H,12-13H2,1-5H3/t14-,21+/m0/s1. The fraction of sp³-hybridized carbons (Fsp3) is 0.476. The quantitative estimate of drug-likeness (QED) is 0.614. The average Bonchev–Trinajstić information content (AvgIpc) is 2.62. The first-order valence-electron chi connectivity index (χ1n) is 9.43. The van der Waals surface area contributed by atoms with Gasteiger partial charge in [-0.15, -0.1) is 0 Å². The van der Waals surface area contributed by atoms with Crippen molar-refractivity contribution in [2.45, 2.75) is 46.2 Å². The van der Waals surface area contributed by atoms with Crippen molar-refractivity contribution in [3.05, 3.63) is 46.5 Å². The maximum Gasteiger partial charge on any atom is 0.415 e. The van der Waals surface area contributed by atoms with Gasteiger partial charge < -0.3 is 10.1 Å². The summed E-state index contributed by atoms with van der Waals surface area (Å²) in [5.74, 6) is 0.327. The Balaban J connectivity index is 1.98. The van der Waals surface area contributed by atoms with Gasteiger partial charge in [0.1, 0.15) is 5.75 Å². The highest BCUT2D eigenvalue weighted by Crippen LogP contribution is 2.38. The van der Waals surface area contributed by atoms with E-state index in [9.17, 15) is 14.9 Å². The molecule has 0 aliphatic carbocycles. The molecule has 0 aromatic heterocycles. The van der Waals surface area contributed by atoms with Gasteiger partial charge in [-0.05, 0) is 31.4 Å². The van der Waals surface area contributed by atoms with Crippen molar-refractivity contribution in [3.63, 3.8) is 0 Å². The monoisotopic (exact) mass is 385 g/mol. The molecule has 1 amide bonds. The van der Waals surface area contributed by atoms with Crippen molar-refractivity contribution in [3.8, 4) is 5.75 Å². The summed E-state index contributed by atoms with van der Waals surface area (Å²) >= 11 is 0. The normalized spacial score (nSPS) is 22.9. The van der Waals surface area contributed by atoms with E-state index >= 15 is 0 Å². The van der Waals surface area contributed by atoms with Crippen molar-refractivity contribution in [2.75, 3.05) is 13.1 Å². The first-order valence-corrected chi connectivity index (χ1v) is 9.43. The Morgan fingerprint density at radius 1 is 1.25 bits per heavy atom. The topological polar surface area (TPSA) is 84.7 Å². The third-order valence-electron chi connectivity index (χ3n) is 5.94. The van der Waals surface area contributed by atoms with Gasteiger partial charge >= 0.3 is 6.09 Å². The number of carbonyl (C=O) groups is 1. The molecule has 0 saturated carbocycles. The molecule has 1 N–H and O–H groups in total. The van der Waals surface area contributed by atoms with E-state index in [2.05, 4.69) is 33.0 Å². The summed E-state index contributed by atoms with van der Waals surface area (Å²) in [5, 5.41) is 15.8. The lowest BCUT2D eigenvalue weighted by Crippen LogP contribution is -2.69. The van der Waals surface area contributed by atoms with E-state index in [4.69, 9.17) is 4.74 Å². The van der Waals surface area contributed by atoms with Crippen molar-refractivity contribution in [2.24, 2.45) is 5.41 Å². The zero-order valence-electron chi connectivity index (χ0n) is 17.0. The van der Waals surface area contributed by atoms with Crippen LogP contribution in [0.5, 0.6) is 5.75 Å². The average molecular weight is 385 g/mol. The molecular formula is C21H27N3O4. The number of rotatable bonds is 2. The molecule has 28 heavy (non-hydrogen) atoms. The van der Waals surface area contributed by atoms with Crippen molar-refractivity contribution < 1.29 is 14.5 Å². The molecule has 0 spiro atoms. The summed E-state index contributed by atoms with van der Waals surface area (Å²) in [7, 11) is 0. The zero-order chi connectivity index (χ0) is 20.7. The lowest BCUT2D eigenvalue weighted by atomic mass is 9.72. The van der Waals surface area contributed by atoms with Crippen LogP contribution in [0, 0.1) is 15.5 Å². The van der Waals surface area contributed by atoms with E-state index in [1.807, 2.05) is 6.92 Å². The van der Waals surface area contributed by atoms with Gasteiger partial charge in [0.2, 0.25) is 0 Å². The Morgan fingerprint density at radius 3 is 2.50 bits per heavy atom. The predicted octanol–water partition coefficient (Wildman–Crippen LogP) is 4.35. The third kappa shape index (κ3) is 3.42. The smallest absolute Gasteiger partial charge is 0.410 e. The zero-order valence-corrected chi connectivity index (χ0v) is 17.0. The van der Waals surface area contributed by atoms with Crippen molar-refractivity contribution in [1.29, 1.82) is 0 Å². The van der Waals surface area contributed by atoms with E-state index in [1.54, 1.807) is 29.2 Å². The fourth-order valence-corrected chi connectivity index (χ4v) is 3.61. The Kier molecular flexibility index (Phi) is 5.06. The van der Waals surface area contributed by atoms with E-state index in [-0.39, 0.29) is 17.1 Å². The van der Waals surface area contributed by atoms with E-state index in [0.717, 1.165) is 0 Å². The molecule has 2 aromatic rings. The number of hydrogen-bond donors (Lipinski definition) is 1. The number of amides is 1. The number of ether oxygens (including phenoxy) is 1. The van der Waals surface area contributed by atoms with Crippen LogP contribution in [0.3, 0.4) is 0 Å². The molecule has 0 unspecified atom stereocenters. The molecule has 150 valence electrons. The van der Waals surface area contributed by atoms with Gasteiger partial charge in [0.25, 0.3) is 5.69 Å². The second kappa shape index (κ2) is 7.05. The van der Waals surface area contributed by atoms with Crippen LogP contribution >= 0.6 is 0 Å². The van der Waals surface area contributed by atoms with Gasteiger partial charge in [-0.25, -0.2) is 4.79 Å². The lowest BCUT2D eigenvalue weighted by Gasteiger charge is -2.53. The summed E-state index contributed by atoms with van der Waals surface area (Å²) in [6.07, 6.45) is -0.440. The molecule has 1 saturated heterocycles. The van der Waals surface area contributed by atoms with Gasteiger partial charge in [0.05, 0.1) is 15.8 Å². The lowest BCUT2D eigenvalue weighted by molar-refractivity contribution is -0.383. The number of fused-ring (bicyclic) bond motifs is 1. The van der Waals surface area contributed by atoms with Gasteiger partial charge in [0.15, 0.2) is 0 Å². The third-order valence-corrected chi connectivity index (χ3v) is 5.94. The van der Waals surface area contributed by atoms with Gasteiger partial charge in [-0.2, -0.15) is 0 Å². The van der Waals surface area contributed by atoms with Crippen LogP contribution in [0.2, 0.25) is 0 Å². The summed E-state index contributed by atoms with van der Waals surface area (Å²) < 4.78 is 5.78. The van der Waals surface area contributed by atoms with E-state index in [0.29, 0.717) is 29.6 Å². The van der Waals surface area contributed by atoms with Crippen LogP contribution in [0.1, 0.15) is 34.6 Å². The van der Waals surface area contributed by atoms with Crippen LogP contribution in [0.4, 0.5) is 10.5 Å². The number of carbonyl (C=O) groups excluding carboxylic acids is 1. The molecule has 0 radical (unpaired) electrons. The maximum atomic E-state index is 13.2. The SMILES string of the molecule is C[C@H]1CN(C(=O)Oc2ccc([N+](=O)[O-])c3ccccc23)[C@@](C)(C(C)(C)C)CN1. The molecule has 7 nitrogen and oxygen atoms in total. The molecule has 1 aliphatic heterocycles. The number of nitro groups is 1. The van der Waals surface area contributed by atoms with Gasteiger partial charge in [0, 0.05) is 30.6 Å². The van der Waals surface area contributed by atoms with Crippen molar-refractivity contribution >= 4 is 22.6 Å². The van der Waals surface area contributed by atoms with Gasteiger partial charge in [-0.1, -0.05) is 39.0 Å². The number of nitrogens with zero attached hydrogens (tertiary/aromatic N) is 2. The van der Waals surface area contributed by atoms with Crippen LogP contribution in [0.25, 0.3) is 10.8 Å². The molecule has 2 aromatic carbocycles. The second-order valence-electron chi connectivity index (χ2n) is 8.67. The minimum absolute atomic E-state index is 0.00859. The van der Waals surface area contributed by atoms with E-state index < -0.39 is 16.6 Å². The molecule has 1 aliphatic rings. The molecule has 1 heterocycles. The summed E-state index contributed by atoms with van der Waals surface area (Å²) in [5.41, 5.74) is -0.616. The highest BCUT2D eigenvalue weighted by molar-refractivity contribution is 5.96. The highest BCUT2D eigenvalue weighted by atomic mass is 16.6. The molecule has 7 heteroatoms. The van der Waals surface area contributed by atoms with Crippen molar-refractivity contribution in [1.82, 2.24) is 10.2 Å². The van der Waals surface area contributed by atoms with Crippen LogP contribution in [0.15, 0.2) is 36.4 Å². The molecule has 2 atom stereocenters. The summed E-state index contributed by atoms with van der Waals surface area (Å²) in [6.45, 7) is 11.6. The van der Waals surface area contributed by atoms with E-state index in [1.165, 1.54) is 12.1 Å². The molecule has 1 fully saturated rings. The number of nitro benzene ring substituents is 1. The minimum atomic E-state index is -0.440. The largest absolute Gasteiger partial charge is 0.415 e. The number of hydrogen-bond acceptors (Lipinski definition) is 5. The minimum Gasteiger partial charge on any atom is -0.410 e. The van der Waals surface area contributed by atoms with Crippen LogP contribution in [-0.2, 0) is 0 Å². The maximum absolute atomic E-state index is 13.2. The fourth-order valence-electron chi connectivity index (χ4n) is 3.61. The highest BCUT2D eigenvalue weighted by Gasteiger charge is 2.48. The molecule has 0 bridgehead atoms. The number of non-ortho nitro benzene ring substituents is 1. The first kappa shape index (κ1) is 20.1. The number of piperazine rings is 1. The Bertz CT molecular complexity index is 921. The summed E-state index contributed by atoms with van der Waals surface area (Å²) in [6, 6.07) is 9.93. The van der Waals surface area contributed by atoms with Gasteiger partial charge in [-0.3, -0.25) is 15.0 Å². The first-order chi connectivity index (χ1) is 13.0. The second-order valence-corrected chi connectivity index (χ2v) is 8.67. The molecule has 3 rings (SSSR count). The van der Waals surface area contributed by atoms with Crippen LogP contribution in [-0.4, -0.2) is 40.6 Å². The number of nitrogens with one attached hydrogen (secondary N) is 1. The predicted molar refractivity (Wildman–Crippen MR) is 109 cm³/mol. The Hall–Kier alpha value is -2.67. The van der Waals surface area contributed by atoms with Crippen LogP contribution < -0.4 is 10.1 Å². The number of benzene rings is 2. The summed E-state index contributed by atoms with van der Waals surface area (Å²) in [4.78, 5) is 25.8. The Labute approximate surface area is 164 Å².